The fraction of sp³-hybridized carbons (Fsp3) is 0.222. The number of halogens is 1. The van der Waals surface area contributed by atoms with Crippen molar-refractivity contribution in [2.24, 2.45) is 0 Å². The zero-order chi connectivity index (χ0) is 18.5. The lowest BCUT2D eigenvalue weighted by Crippen LogP contribution is -2.39. The van der Waals surface area contributed by atoms with Gasteiger partial charge in [-0.15, -0.1) is 5.10 Å². The molecule has 134 valence electrons. The molecule has 0 radical (unpaired) electrons. The number of carbonyl (C=O) groups excluding carboxylic acids is 1. The van der Waals surface area contributed by atoms with Crippen LogP contribution in [0.25, 0.3) is 10.9 Å². The molecule has 3 rings (SSSR count). The van der Waals surface area contributed by atoms with E-state index in [1.807, 2.05) is 0 Å². The molecule has 3 aromatic rings. The van der Waals surface area contributed by atoms with Crippen LogP contribution in [0.5, 0.6) is 5.75 Å². The molecule has 2 aromatic carbocycles. The van der Waals surface area contributed by atoms with Crippen LogP contribution in [0.3, 0.4) is 0 Å². The van der Waals surface area contributed by atoms with Gasteiger partial charge >= 0.3 is 0 Å². The third kappa shape index (κ3) is 3.85. The predicted molar refractivity (Wildman–Crippen MR) is 93.4 cm³/mol. The van der Waals surface area contributed by atoms with E-state index in [1.54, 1.807) is 31.2 Å². The first-order valence-corrected chi connectivity index (χ1v) is 8.06. The van der Waals surface area contributed by atoms with Gasteiger partial charge in [0.15, 0.2) is 0 Å². The highest BCUT2D eigenvalue weighted by Crippen LogP contribution is 2.10. The number of hydrogen-bond acceptors (Lipinski definition) is 5. The maximum Gasteiger partial charge on any atom is 0.278 e. The van der Waals surface area contributed by atoms with Crippen LogP contribution in [0.1, 0.15) is 13.0 Å². The highest BCUT2D eigenvalue weighted by atomic mass is 19.1. The summed E-state index contributed by atoms with van der Waals surface area (Å²) in [4.78, 5) is 24.7. The summed E-state index contributed by atoms with van der Waals surface area (Å²) in [6, 6.07) is 11.6. The molecule has 1 heterocycles. The van der Waals surface area contributed by atoms with Crippen LogP contribution < -0.4 is 15.6 Å². The van der Waals surface area contributed by atoms with Gasteiger partial charge in [0.2, 0.25) is 5.91 Å². The quantitative estimate of drug-likeness (QED) is 0.679. The van der Waals surface area contributed by atoms with Gasteiger partial charge in [-0.2, -0.15) is 4.68 Å². The summed E-state index contributed by atoms with van der Waals surface area (Å²) in [5.41, 5.74) is 0.106. The minimum absolute atomic E-state index is 0.211. The third-order valence-electron chi connectivity index (χ3n) is 3.82. The molecule has 0 saturated carbocycles. The number of benzene rings is 2. The number of amides is 1. The van der Waals surface area contributed by atoms with Crippen molar-refractivity contribution >= 4 is 16.8 Å². The zero-order valence-corrected chi connectivity index (χ0v) is 14.1. The number of hydrogen-bond donors (Lipinski definition) is 1. The van der Waals surface area contributed by atoms with Crippen LogP contribution in [0, 0.1) is 5.82 Å². The van der Waals surface area contributed by atoms with E-state index in [1.165, 1.54) is 24.3 Å². The molecule has 26 heavy (non-hydrogen) atoms. The van der Waals surface area contributed by atoms with Crippen molar-refractivity contribution in [2.45, 2.75) is 13.0 Å². The summed E-state index contributed by atoms with van der Waals surface area (Å²) < 4.78 is 19.3. The van der Waals surface area contributed by atoms with E-state index in [4.69, 9.17) is 4.74 Å². The summed E-state index contributed by atoms with van der Waals surface area (Å²) in [5.74, 6) is -0.217. The van der Waals surface area contributed by atoms with Gasteiger partial charge in [-0.3, -0.25) is 9.59 Å². The van der Waals surface area contributed by atoms with Crippen LogP contribution >= 0.6 is 0 Å². The summed E-state index contributed by atoms with van der Waals surface area (Å²) in [5, 5.41) is 10.9. The van der Waals surface area contributed by atoms with Crippen LogP contribution in [0.4, 0.5) is 4.39 Å². The Morgan fingerprint density at radius 3 is 2.73 bits per heavy atom. The maximum absolute atomic E-state index is 12.8. The Morgan fingerprint density at radius 1 is 1.23 bits per heavy atom. The van der Waals surface area contributed by atoms with Crippen molar-refractivity contribution in [1.82, 2.24) is 20.3 Å². The number of ether oxygens (including phenoxy) is 1. The van der Waals surface area contributed by atoms with Crippen molar-refractivity contribution < 1.29 is 13.9 Å². The number of carbonyl (C=O) groups is 1. The first kappa shape index (κ1) is 17.5. The smallest absolute Gasteiger partial charge is 0.278 e. The summed E-state index contributed by atoms with van der Waals surface area (Å²) >= 11 is 0. The van der Waals surface area contributed by atoms with Gasteiger partial charge in [0.05, 0.1) is 11.9 Å². The molecule has 1 atom stereocenters. The van der Waals surface area contributed by atoms with E-state index in [2.05, 4.69) is 15.6 Å². The average molecular weight is 356 g/mol. The Hall–Kier alpha value is -3.29. The minimum Gasteiger partial charge on any atom is -0.492 e. The molecule has 0 aliphatic rings. The minimum atomic E-state index is -0.814. The number of aromatic nitrogens is 3. The number of rotatable bonds is 6. The van der Waals surface area contributed by atoms with Crippen LogP contribution in [-0.4, -0.2) is 34.1 Å². The predicted octanol–water partition coefficient (Wildman–Crippen LogP) is 1.69. The Bertz CT molecular complexity index is 972. The van der Waals surface area contributed by atoms with Crippen molar-refractivity contribution in [3.05, 3.63) is 64.7 Å². The lowest BCUT2D eigenvalue weighted by molar-refractivity contribution is -0.124. The second kappa shape index (κ2) is 7.73. The number of nitrogens with zero attached hydrogens (tertiary/aromatic N) is 3. The molecular weight excluding hydrogens is 339 g/mol. The highest BCUT2D eigenvalue weighted by molar-refractivity contribution is 5.81. The van der Waals surface area contributed by atoms with Gasteiger partial charge in [0, 0.05) is 0 Å². The van der Waals surface area contributed by atoms with Gasteiger partial charge in [-0.1, -0.05) is 17.3 Å². The molecule has 7 nitrogen and oxygen atoms in total. The van der Waals surface area contributed by atoms with Gasteiger partial charge in [-0.05, 0) is 43.3 Å². The Labute approximate surface area is 148 Å². The first-order valence-electron chi connectivity index (χ1n) is 8.06. The summed E-state index contributed by atoms with van der Waals surface area (Å²) in [7, 11) is 0. The summed E-state index contributed by atoms with van der Waals surface area (Å²) in [6.07, 6.45) is 0. The van der Waals surface area contributed by atoms with Crippen molar-refractivity contribution in [3.8, 4) is 5.75 Å². The molecule has 1 aromatic heterocycles. The van der Waals surface area contributed by atoms with E-state index < -0.39 is 6.04 Å². The van der Waals surface area contributed by atoms with Crippen molar-refractivity contribution in [2.75, 3.05) is 13.2 Å². The monoisotopic (exact) mass is 356 g/mol. The molecule has 0 saturated heterocycles. The molecule has 0 unspecified atom stereocenters. The second-order valence-electron chi connectivity index (χ2n) is 5.63. The second-order valence-corrected chi connectivity index (χ2v) is 5.63. The SMILES string of the molecule is C[C@@H](C(=O)NCCOc1ccc(F)cc1)n1nnc2ccccc2c1=O. The Morgan fingerprint density at radius 2 is 1.96 bits per heavy atom. The highest BCUT2D eigenvalue weighted by Gasteiger charge is 2.18. The third-order valence-corrected chi connectivity index (χ3v) is 3.82. The van der Waals surface area contributed by atoms with E-state index in [0.29, 0.717) is 16.7 Å². The van der Waals surface area contributed by atoms with Crippen molar-refractivity contribution in [3.63, 3.8) is 0 Å². The lowest BCUT2D eigenvalue weighted by atomic mass is 10.2. The largest absolute Gasteiger partial charge is 0.492 e. The standard InChI is InChI=1S/C18H17FN4O3/c1-12(23-18(25)15-4-2-3-5-16(15)21-22-23)17(24)20-10-11-26-14-8-6-13(19)7-9-14/h2-9,12H,10-11H2,1H3,(H,20,24)/t12-/m0/s1. The van der Waals surface area contributed by atoms with E-state index in [9.17, 15) is 14.0 Å². The fourth-order valence-electron chi connectivity index (χ4n) is 2.39. The topological polar surface area (TPSA) is 86.1 Å². The van der Waals surface area contributed by atoms with Gasteiger partial charge in [-0.25, -0.2) is 4.39 Å². The normalized spacial score (nSPS) is 11.9. The van der Waals surface area contributed by atoms with Crippen LogP contribution in [0.15, 0.2) is 53.3 Å². The maximum atomic E-state index is 12.8. The molecule has 0 aliphatic heterocycles. The molecule has 0 fully saturated rings. The molecular formula is C18H17FN4O3. The van der Waals surface area contributed by atoms with Gasteiger partial charge in [0.1, 0.15) is 29.7 Å². The van der Waals surface area contributed by atoms with E-state index in [0.717, 1.165) is 4.68 Å². The fourth-order valence-corrected chi connectivity index (χ4v) is 2.39. The molecule has 1 amide bonds. The molecule has 0 aliphatic carbocycles. The van der Waals surface area contributed by atoms with Crippen LogP contribution in [0.2, 0.25) is 0 Å². The molecule has 1 N–H and O–H groups in total. The Kier molecular flexibility index (Phi) is 5.21. The Balaban J connectivity index is 1.58. The van der Waals surface area contributed by atoms with E-state index >= 15 is 0 Å². The van der Waals surface area contributed by atoms with Gasteiger partial charge in [0.25, 0.3) is 5.56 Å². The van der Waals surface area contributed by atoms with Crippen molar-refractivity contribution in [1.29, 1.82) is 0 Å². The molecule has 8 heteroatoms. The number of fused-ring (bicyclic) bond motifs is 1. The summed E-state index contributed by atoms with van der Waals surface area (Å²) in [6.45, 7) is 2.01. The lowest BCUT2D eigenvalue weighted by Gasteiger charge is -2.14. The van der Waals surface area contributed by atoms with Crippen LogP contribution in [-0.2, 0) is 4.79 Å². The molecule has 0 bridgehead atoms. The number of nitrogens with one attached hydrogen (secondary N) is 1. The average Bonchev–Trinajstić information content (AvgIpc) is 2.66. The van der Waals surface area contributed by atoms with E-state index in [-0.39, 0.29) is 30.4 Å². The zero-order valence-electron chi connectivity index (χ0n) is 14.1. The van der Waals surface area contributed by atoms with Gasteiger partial charge < -0.3 is 10.1 Å². The molecule has 0 spiro atoms. The first-order chi connectivity index (χ1) is 12.6.